The van der Waals surface area contributed by atoms with Gasteiger partial charge in [0, 0.05) is 51.5 Å². The number of halogens is 3. The van der Waals surface area contributed by atoms with E-state index >= 15 is 0 Å². The van der Waals surface area contributed by atoms with E-state index in [9.17, 15) is 18.0 Å². The van der Waals surface area contributed by atoms with Crippen molar-refractivity contribution < 1.29 is 13.2 Å². The van der Waals surface area contributed by atoms with Crippen molar-refractivity contribution in [1.82, 2.24) is 29.3 Å². The molecular formula is C20H23F3N8O. The molecule has 2 fully saturated rings. The first kappa shape index (κ1) is 20.7. The Morgan fingerprint density at radius 2 is 1.75 bits per heavy atom. The Hall–Kier alpha value is -3.18. The molecule has 0 unspecified atom stereocenters. The molecule has 32 heavy (non-hydrogen) atoms. The molecule has 3 aromatic heterocycles. The van der Waals surface area contributed by atoms with E-state index in [1.807, 2.05) is 9.80 Å². The molecule has 1 saturated heterocycles. The van der Waals surface area contributed by atoms with Crippen LogP contribution < -0.4 is 15.4 Å². The number of nitrogens with zero attached hydrogens (tertiary/aromatic N) is 8. The minimum Gasteiger partial charge on any atom is -0.350 e. The Bertz CT molecular complexity index is 1210. The minimum absolute atomic E-state index is 0.0605. The summed E-state index contributed by atoms with van der Waals surface area (Å²) in [7, 11) is 3.44. The fourth-order valence-corrected chi connectivity index (χ4v) is 4.45. The summed E-state index contributed by atoms with van der Waals surface area (Å²) in [6, 6.07) is 1.31. The summed E-state index contributed by atoms with van der Waals surface area (Å²) in [4.78, 5) is 28.9. The number of rotatable bonds is 4. The van der Waals surface area contributed by atoms with E-state index in [1.54, 1.807) is 25.0 Å². The van der Waals surface area contributed by atoms with Crippen LogP contribution in [-0.2, 0) is 20.3 Å². The lowest BCUT2D eigenvalue weighted by molar-refractivity contribution is -0.141. The maximum Gasteiger partial charge on any atom is 0.433 e. The van der Waals surface area contributed by atoms with E-state index in [2.05, 4.69) is 20.1 Å². The van der Waals surface area contributed by atoms with Crippen molar-refractivity contribution in [2.45, 2.75) is 43.9 Å². The minimum atomic E-state index is -4.50. The van der Waals surface area contributed by atoms with Crippen LogP contribution in [0.25, 0.3) is 11.0 Å². The third-order valence-electron chi connectivity index (χ3n) is 6.14. The number of aromatic nitrogens is 6. The van der Waals surface area contributed by atoms with Gasteiger partial charge in [-0.15, -0.1) is 0 Å². The Labute approximate surface area is 181 Å². The lowest BCUT2D eigenvalue weighted by atomic mass is 10.0. The molecule has 1 saturated carbocycles. The van der Waals surface area contributed by atoms with Crippen molar-refractivity contribution in [2.24, 2.45) is 14.1 Å². The largest absolute Gasteiger partial charge is 0.433 e. The quantitative estimate of drug-likeness (QED) is 0.604. The molecule has 0 atom stereocenters. The van der Waals surface area contributed by atoms with Crippen LogP contribution in [0.2, 0.25) is 0 Å². The Kier molecular flexibility index (Phi) is 4.82. The maximum absolute atomic E-state index is 13.2. The number of hydrogen-bond acceptors (Lipinski definition) is 7. The van der Waals surface area contributed by atoms with Crippen LogP contribution in [0.5, 0.6) is 0 Å². The van der Waals surface area contributed by atoms with Gasteiger partial charge in [0.2, 0.25) is 5.95 Å². The summed E-state index contributed by atoms with van der Waals surface area (Å²) in [6.07, 6.45) is 1.47. The highest BCUT2D eigenvalue weighted by Crippen LogP contribution is 2.37. The molecule has 4 heterocycles. The SMILES string of the molecule is Cn1cc2c(=O)n(C)c(N3CCC(N(c4cc(C(F)(F)F)ncn4)C4CC4)CC3)nc2n1. The predicted molar refractivity (Wildman–Crippen MR) is 112 cm³/mol. The molecule has 0 amide bonds. The molecular weight excluding hydrogens is 425 g/mol. The van der Waals surface area contributed by atoms with Crippen molar-refractivity contribution in [2.75, 3.05) is 22.9 Å². The number of aryl methyl sites for hydroxylation is 1. The first-order chi connectivity index (χ1) is 15.2. The molecule has 0 aromatic carbocycles. The van der Waals surface area contributed by atoms with Gasteiger partial charge in [0.15, 0.2) is 5.65 Å². The van der Waals surface area contributed by atoms with Crippen molar-refractivity contribution >= 4 is 22.8 Å². The van der Waals surface area contributed by atoms with Crippen LogP contribution in [0.1, 0.15) is 31.4 Å². The van der Waals surface area contributed by atoms with E-state index in [4.69, 9.17) is 0 Å². The van der Waals surface area contributed by atoms with Gasteiger partial charge in [0.05, 0.1) is 0 Å². The number of alkyl halides is 3. The fourth-order valence-electron chi connectivity index (χ4n) is 4.45. The van der Waals surface area contributed by atoms with Crippen LogP contribution in [0.4, 0.5) is 24.9 Å². The lowest BCUT2D eigenvalue weighted by Crippen LogP contribution is -2.47. The topological polar surface area (TPSA) is 85.0 Å². The molecule has 2 aliphatic rings. The van der Waals surface area contributed by atoms with Gasteiger partial charge in [0.1, 0.15) is 23.2 Å². The van der Waals surface area contributed by atoms with E-state index in [0.29, 0.717) is 35.9 Å². The van der Waals surface area contributed by atoms with Gasteiger partial charge < -0.3 is 9.80 Å². The first-order valence-electron chi connectivity index (χ1n) is 10.6. The molecule has 12 heteroatoms. The summed E-state index contributed by atoms with van der Waals surface area (Å²) in [6.45, 7) is 1.26. The van der Waals surface area contributed by atoms with Gasteiger partial charge in [-0.1, -0.05) is 0 Å². The fraction of sp³-hybridized carbons (Fsp3) is 0.550. The van der Waals surface area contributed by atoms with Gasteiger partial charge in [-0.25, -0.2) is 9.97 Å². The van der Waals surface area contributed by atoms with Crippen LogP contribution in [0.3, 0.4) is 0 Å². The summed E-state index contributed by atoms with van der Waals surface area (Å²) >= 11 is 0. The Morgan fingerprint density at radius 1 is 1.06 bits per heavy atom. The molecule has 0 bridgehead atoms. The Morgan fingerprint density at radius 3 is 2.41 bits per heavy atom. The molecule has 3 aromatic rings. The van der Waals surface area contributed by atoms with Gasteiger partial charge in [-0.3, -0.25) is 14.0 Å². The van der Waals surface area contributed by atoms with Gasteiger partial charge in [-0.05, 0) is 25.7 Å². The molecule has 5 rings (SSSR count). The third kappa shape index (κ3) is 3.67. The molecule has 0 spiro atoms. The average molecular weight is 448 g/mol. The van der Waals surface area contributed by atoms with Crippen LogP contribution in [0.15, 0.2) is 23.4 Å². The van der Waals surface area contributed by atoms with Crippen molar-refractivity contribution in [1.29, 1.82) is 0 Å². The second kappa shape index (κ2) is 7.45. The van der Waals surface area contributed by atoms with Crippen LogP contribution in [-0.4, -0.2) is 54.5 Å². The van der Waals surface area contributed by atoms with Crippen molar-refractivity contribution in [3.8, 4) is 0 Å². The number of anilines is 2. The number of fused-ring (bicyclic) bond motifs is 1. The molecule has 0 N–H and O–H groups in total. The lowest BCUT2D eigenvalue weighted by Gasteiger charge is -2.40. The highest BCUT2D eigenvalue weighted by atomic mass is 19.4. The summed E-state index contributed by atoms with van der Waals surface area (Å²) in [5, 5.41) is 4.73. The van der Waals surface area contributed by atoms with E-state index in [1.165, 1.54) is 4.57 Å². The van der Waals surface area contributed by atoms with Gasteiger partial charge >= 0.3 is 6.18 Å². The highest BCUT2D eigenvalue weighted by molar-refractivity contribution is 5.74. The molecule has 1 aliphatic carbocycles. The van der Waals surface area contributed by atoms with Crippen LogP contribution >= 0.6 is 0 Å². The van der Waals surface area contributed by atoms with Crippen molar-refractivity contribution in [3.05, 3.63) is 34.6 Å². The summed E-state index contributed by atoms with van der Waals surface area (Å²) in [5.41, 5.74) is -0.665. The standard InChI is InChI=1S/C20H23F3N8O/c1-28-10-14-17(27-28)26-19(29(2)18(14)32)30-7-5-13(6-8-30)31(12-3-4-12)16-9-15(20(21,22)23)24-11-25-16/h9-13H,3-8H2,1-2H3. The zero-order chi connectivity index (χ0) is 22.6. The second-order valence-corrected chi connectivity index (χ2v) is 8.43. The monoisotopic (exact) mass is 448 g/mol. The molecule has 170 valence electrons. The van der Waals surface area contributed by atoms with E-state index in [0.717, 1.165) is 38.1 Å². The summed E-state index contributed by atoms with van der Waals surface area (Å²) in [5.74, 6) is 0.882. The first-order valence-corrected chi connectivity index (χ1v) is 10.6. The van der Waals surface area contributed by atoms with Crippen molar-refractivity contribution in [3.63, 3.8) is 0 Å². The average Bonchev–Trinajstić information content (AvgIpc) is 3.51. The highest BCUT2D eigenvalue weighted by Gasteiger charge is 2.39. The smallest absolute Gasteiger partial charge is 0.350 e. The predicted octanol–water partition coefficient (Wildman–Crippen LogP) is 2.11. The van der Waals surface area contributed by atoms with E-state index in [-0.39, 0.29) is 17.6 Å². The molecule has 0 radical (unpaired) electrons. The maximum atomic E-state index is 13.2. The van der Waals surface area contributed by atoms with Gasteiger partial charge in [-0.2, -0.15) is 23.3 Å². The number of hydrogen-bond donors (Lipinski definition) is 0. The molecule has 1 aliphatic heterocycles. The second-order valence-electron chi connectivity index (χ2n) is 8.43. The zero-order valence-corrected chi connectivity index (χ0v) is 17.7. The van der Waals surface area contributed by atoms with Gasteiger partial charge in [0.25, 0.3) is 5.56 Å². The Balaban J connectivity index is 1.38. The molecule has 9 nitrogen and oxygen atoms in total. The normalized spacial score (nSPS) is 17.8. The third-order valence-corrected chi connectivity index (χ3v) is 6.14. The van der Waals surface area contributed by atoms with E-state index < -0.39 is 11.9 Å². The summed E-state index contributed by atoms with van der Waals surface area (Å²) < 4.78 is 42.6. The van der Waals surface area contributed by atoms with Crippen LogP contribution in [0, 0.1) is 0 Å². The zero-order valence-electron chi connectivity index (χ0n) is 17.7. The number of piperidine rings is 1.